The van der Waals surface area contributed by atoms with Gasteiger partial charge in [0.2, 0.25) is 0 Å². The van der Waals surface area contributed by atoms with Gasteiger partial charge in [-0.15, -0.1) is 5.10 Å². The lowest BCUT2D eigenvalue weighted by Gasteiger charge is -2.18. The Morgan fingerprint density at radius 2 is 2.07 bits per heavy atom. The summed E-state index contributed by atoms with van der Waals surface area (Å²) in [6.07, 6.45) is 2.86. The number of benzene rings is 1. The molecule has 1 aliphatic heterocycles. The van der Waals surface area contributed by atoms with E-state index in [-0.39, 0.29) is 12.0 Å². The molecule has 152 valence electrons. The van der Waals surface area contributed by atoms with Gasteiger partial charge in [0, 0.05) is 25.1 Å². The molecule has 30 heavy (non-hydrogen) atoms. The van der Waals surface area contributed by atoms with Gasteiger partial charge in [0.25, 0.3) is 17.2 Å². The van der Waals surface area contributed by atoms with Gasteiger partial charge in [-0.25, -0.2) is 9.66 Å². The molecule has 4 aromatic rings. The van der Waals surface area contributed by atoms with E-state index in [9.17, 15) is 9.59 Å². The Bertz CT molecular complexity index is 1340. The molecule has 0 aliphatic carbocycles. The summed E-state index contributed by atoms with van der Waals surface area (Å²) in [4.78, 5) is 33.1. The smallest absolute Gasteiger partial charge is 0.280 e. The fourth-order valence-corrected chi connectivity index (χ4v) is 3.21. The van der Waals surface area contributed by atoms with E-state index in [2.05, 4.69) is 20.5 Å². The summed E-state index contributed by atoms with van der Waals surface area (Å²) >= 11 is 0. The fourth-order valence-electron chi connectivity index (χ4n) is 3.21. The van der Waals surface area contributed by atoms with Gasteiger partial charge in [0.1, 0.15) is 19.8 Å². The van der Waals surface area contributed by atoms with Crippen LogP contribution in [-0.4, -0.2) is 57.1 Å². The van der Waals surface area contributed by atoms with Crippen molar-refractivity contribution >= 4 is 22.6 Å². The lowest BCUT2D eigenvalue weighted by molar-refractivity contribution is -0.120. The van der Waals surface area contributed by atoms with Crippen LogP contribution in [-0.2, 0) is 9.53 Å². The molecule has 11 heteroatoms. The van der Waals surface area contributed by atoms with Crippen LogP contribution in [0.4, 0.5) is 0 Å². The van der Waals surface area contributed by atoms with Crippen LogP contribution in [0.25, 0.3) is 28.1 Å². The number of nitrogens with zero attached hydrogens (tertiary/aromatic N) is 5. The zero-order valence-electron chi connectivity index (χ0n) is 15.9. The maximum Gasteiger partial charge on any atom is 0.280 e. The Morgan fingerprint density at radius 1 is 1.23 bits per heavy atom. The van der Waals surface area contributed by atoms with Crippen LogP contribution in [0.3, 0.4) is 0 Å². The number of hydrogen-bond acceptors (Lipinski definition) is 8. The average molecular weight is 408 g/mol. The number of hydrogen-bond donors (Lipinski definition) is 1. The number of amides is 1. The number of nitrogens with one attached hydrogen (secondary N) is 1. The van der Waals surface area contributed by atoms with Gasteiger partial charge >= 0.3 is 0 Å². The minimum atomic E-state index is -0.449. The van der Waals surface area contributed by atoms with Gasteiger partial charge in [0.15, 0.2) is 17.3 Å². The topological polar surface area (TPSA) is 122 Å². The molecule has 0 fully saturated rings. The highest BCUT2D eigenvalue weighted by Gasteiger charge is 2.17. The van der Waals surface area contributed by atoms with Crippen molar-refractivity contribution in [2.45, 2.75) is 0 Å². The van der Waals surface area contributed by atoms with Crippen molar-refractivity contribution in [2.75, 3.05) is 32.4 Å². The Balaban J connectivity index is 1.58. The average Bonchev–Trinajstić information content (AvgIpc) is 3.20. The maximum absolute atomic E-state index is 12.7. The fraction of sp³-hybridized carbons (Fsp3) is 0.211. The Hall–Kier alpha value is -3.99. The summed E-state index contributed by atoms with van der Waals surface area (Å²) < 4.78 is 18.5. The molecule has 0 spiro atoms. The molecule has 1 aromatic carbocycles. The van der Waals surface area contributed by atoms with Crippen LogP contribution in [0.1, 0.15) is 0 Å². The number of rotatable bonds is 4. The van der Waals surface area contributed by atoms with Crippen molar-refractivity contribution in [3.05, 3.63) is 47.0 Å². The van der Waals surface area contributed by atoms with Crippen LogP contribution >= 0.6 is 0 Å². The second-order valence-electron chi connectivity index (χ2n) is 6.52. The van der Waals surface area contributed by atoms with Gasteiger partial charge in [0.05, 0.1) is 10.9 Å². The van der Waals surface area contributed by atoms with E-state index < -0.39 is 11.5 Å². The predicted octanol–water partition coefficient (Wildman–Crippen LogP) is 0.594. The summed E-state index contributed by atoms with van der Waals surface area (Å²) in [6, 6.07) is 7.11. The number of fused-ring (bicyclic) bond motifs is 4. The number of aromatic nitrogens is 5. The van der Waals surface area contributed by atoms with E-state index >= 15 is 0 Å². The molecule has 0 radical (unpaired) electrons. The van der Waals surface area contributed by atoms with Gasteiger partial charge in [-0.3, -0.25) is 15.0 Å². The van der Waals surface area contributed by atoms with E-state index in [1.165, 1.54) is 24.0 Å². The molecular formula is C19H16N6O5. The largest absolute Gasteiger partial charge is 0.486 e. The summed E-state index contributed by atoms with van der Waals surface area (Å²) in [5, 5.41) is 4.79. The van der Waals surface area contributed by atoms with Crippen LogP contribution < -0.4 is 20.5 Å². The summed E-state index contributed by atoms with van der Waals surface area (Å²) in [7, 11) is 1.40. The molecule has 1 amide bonds. The van der Waals surface area contributed by atoms with Crippen LogP contribution in [0, 0.1) is 0 Å². The Morgan fingerprint density at radius 3 is 2.90 bits per heavy atom. The third kappa shape index (κ3) is 3.01. The lowest BCUT2D eigenvalue weighted by Crippen LogP contribution is -2.34. The van der Waals surface area contributed by atoms with E-state index in [4.69, 9.17) is 14.2 Å². The minimum Gasteiger partial charge on any atom is -0.486 e. The monoisotopic (exact) mass is 408 g/mol. The highest BCUT2D eigenvalue weighted by molar-refractivity contribution is 5.85. The van der Waals surface area contributed by atoms with Gasteiger partial charge < -0.3 is 14.2 Å². The summed E-state index contributed by atoms with van der Waals surface area (Å²) in [5.41, 5.74) is 3.26. The molecule has 0 saturated heterocycles. The van der Waals surface area contributed by atoms with E-state index in [1.54, 1.807) is 6.07 Å². The number of carbonyl (C=O) groups excluding carboxylic acids is 1. The molecule has 0 unspecified atom stereocenters. The van der Waals surface area contributed by atoms with Crippen molar-refractivity contribution in [2.24, 2.45) is 0 Å². The van der Waals surface area contributed by atoms with Crippen molar-refractivity contribution in [3.63, 3.8) is 0 Å². The molecule has 3 aromatic heterocycles. The molecule has 0 atom stereocenters. The maximum atomic E-state index is 12.7. The first kappa shape index (κ1) is 18.1. The molecular weight excluding hydrogens is 392 g/mol. The number of ether oxygens (including phenoxy) is 3. The first-order valence-electron chi connectivity index (χ1n) is 9.10. The third-order valence-corrected chi connectivity index (χ3v) is 4.55. The van der Waals surface area contributed by atoms with Gasteiger partial charge in [-0.2, -0.15) is 9.50 Å². The third-order valence-electron chi connectivity index (χ3n) is 4.55. The number of pyridine rings is 1. The molecule has 1 aliphatic rings. The van der Waals surface area contributed by atoms with E-state index in [0.29, 0.717) is 41.8 Å². The van der Waals surface area contributed by atoms with Crippen molar-refractivity contribution in [3.8, 4) is 22.9 Å². The number of carbonyl (C=O) groups is 1. The second kappa shape index (κ2) is 7.12. The second-order valence-corrected chi connectivity index (χ2v) is 6.52. The molecule has 5 rings (SSSR count). The van der Waals surface area contributed by atoms with E-state index in [0.717, 1.165) is 10.2 Å². The standard InChI is InChI=1S/C19H16N6O5/c1-28-10-16(26)22-24-5-4-13-12(18(24)27)9-20-19-21-17(23-25(13)19)11-2-3-14-15(8-11)30-7-6-29-14/h2-5,8-9H,6-7,10H2,1H3,(H,22,26). The van der Waals surface area contributed by atoms with Gasteiger partial charge in [-0.05, 0) is 24.3 Å². The van der Waals surface area contributed by atoms with E-state index in [1.807, 2.05) is 18.2 Å². The van der Waals surface area contributed by atoms with Crippen LogP contribution in [0.2, 0.25) is 0 Å². The lowest BCUT2D eigenvalue weighted by atomic mass is 10.2. The Labute approximate surface area is 168 Å². The highest BCUT2D eigenvalue weighted by atomic mass is 16.6. The molecule has 0 saturated carbocycles. The molecule has 0 bridgehead atoms. The zero-order chi connectivity index (χ0) is 20.7. The van der Waals surface area contributed by atoms with Gasteiger partial charge in [-0.1, -0.05) is 0 Å². The van der Waals surface area contributed by atoms with Crippen LogP contribution in [0.15, 0.2) is 41.5 Å². The van der Waals surface area contributed by atoms with Crippen molar-refractivity contribution < 1.29 is 19.0 Å². The highest BCUT2D eigenvalue weighted by Crippen LogP contribution is 2.33. The minimum absolute atomic E-state index is 0.163. The SMILES string of the molecule is COCC(=O)Nn1ccc2c(cnc3nc(-c4ccc5c(c4)OCCO5)nn32)c1=O. The first-order chi connectivity index (χ1) is 14.6. The summed E-state index contributed by atoms with van der Waals surface area (Å²) in [5.74, 6) is 1.63. The quantitative estimate of drug-likeness (QED) is 0.521. The zero-order valence-corrected chi connectivity index (χ0v) is 15.9. The Kier molecular flexibility index (Phi) is 4.29. The first-order valence-corrected chi connectivity index (χ1v) is 9.10. The molecule has 11 nitrogen and oxygen atoms in total. The summed E-state index contributed by atoms with van der Waals surface area (Å²) in [6.45, 7) is 0.830. The van der Waals surface area contributed by atoms with Crippen molar-refractivity contribution in [1.82, 2.24) is 24.3 Å². The molecule has 1 N–H and O–H groups in total. The van der Waals surface area contributed by atoms with Crippen LogP contribution in [0.5, 0.6) is 11.5 Å². The van der Waals surface area contributed by atoms with Crippen molar-refractivity contribution in [1.29, 1.82) is 0 Å². The molecule has 4 heterocycles. The number of methoxy groups -OCH3 is 1. The normalized spacial score (nSPS) is 13.0. The predicted molar refractivity (Wildman–Crippen MR) is 105 cm³/mol.